The van der Waals surface area contributed by atoms with Gasteiger partial charge >= 0.3 is 0 Å². The molecule has 1 aromatic heterocycles. The SMILES string of the molecule is Fc1cccc(Nc2ccc(Br)cc2Cl)n1. The molecule has 0 spiro atoms. The maximum absolute atomic E-state index is 12.8. The molecule has 2 nitrogen and oxygen atoms in total. The predicted molar refractivity (Wildman–Crippen MR) is 66.6 cm³/mol. The number of hydrogen-bond donors (Lipinski definition) is 1. The Morgan fingerprint density at radius 1 is 1.25 bits per heavy atom. The minimum atomic E-state index is -0.529. The van der Waals surface area contributed by atoms with E-state index in [1.807, 2.05) is 6.07 Å². The third-order valence-corrected chi connectivity index (χ3v) is 2.71. The largest absolute Gasteiger partial charge is 0.339 e. The van der Waals surface area contributed by atoms with Crippen LogP contribution in [0.4, 0.5) is 15.9 Å². The minimum absolute atomic E-state index is 0.421. The molecule has 0 amide bonds. The summed E-state index contributed by atoms with van der Waals surface area (Å²) < 4.78 is 13.7. The Bertz CT molecular complexity index is 519. The van der Waals surface area contributed by atoms with Gasteiger partial charge in [-0.2, -0.15) is 4.39 Å². The fourth-order valence-corrected chi connectivity index (χ4v) is 1.93. The predicted octanol–water partition coefficient (Wildman–Crippen LogP) is 4.38. The molecule has 82 valence electrons. The summed E-state index contributed by atoms with van der Waals surface area (Å²) in [4.78, 5) is 3.68. The summed E-state index contributed by atoms with van der Waals surface area (Å²) in [6.45, 7) is 0. The zero-order valence-electron chi connectivity index (χ0n) is 8.05. The van der Waals surface area contributed by atoms with E-state index in [1.54, 1.807) is 24.3 Å². The molecule has 0 radical (unpaired) electrons. The van der Waals surface area contributed by atoms with Crippen LogP contribution in [-0.4, -0.2) is 4.98 Å². The second-order valence-electron chi connectivity index (χ2n) is 3.09. The van der Waals surface area contributed by atoms with E-state index in [9.17, 15) is 4.39 Å². The average Bonchev–Trinajstić information content (AvgIpc) is 2.22. The summed E-state index contributed by atoms with van der Waals surface area (Å²) in [6.07, 6.45) is 0. The number of nitrogens with one attached hydrogen (secondary N) is 1. The molecule has 0 atom stereocenters. The van der Waals surface area contributed by atoms with Gasteiger partial charge in [0.25, 0.3) is 0 Å². The summed E-state index contributed by atoms with van der Waals surface area (Å²) in [5.74, 6) is -0.109. The Kier molecular flexibility index (Phi) is 3.41. The van der Waals surface area contributed by atoms with Crippen LogP contribution in [0.5, 0.6) is 0 Å². The molecule has 1 aromatic carbocycles. The lowest BCUT2D eigenvalue weighted by atomic mass is 10.3. The first-order valence-electron chi connectivity index (χ1n) is 4.50. The van der Waals surface area contributed by atoms with Gasteiger partial charge in [0, 0.05) is 4.47 Å². The molecule has 0 unspecified atom stereocenters. The smallest absolute Gasteiger partial charge is 0.214 e. The maximum atomic E-state index is 12.8. The van der Waals surface area contributed by atoms with Gasteiger partial charge in [-0.05, 0) is 30.3 Å². The topological polar surface area (TPSA) is 24.9 Å². The van der Waals surface area contributed by atoms with Gasteiger partial charge < -0.3 is 5.32 Å². The van der Waals surface area contributed by atoms with Gasteiger partial charge in [0.05, 0.1) is 10.7 Å². The number of aromatic nitrogens is 1. The number of benzene rings is 1. The Morgan fingerprint density at radius 3 is 2.75 bits per heavy atom. The minimum Gasteiger partial charge on any atom is -0.339 e. The molecular weight excluding hydrogens is 294 g/mol. The lowest BCUT2D eigenvalue weighted by Gasteiger charge is -2.07. The van der Waals surface area contributed by atoms with Crippen molar-refractivity contribution in [1.82, 2.24) is 4.98 Å². The average molecular weight is 302 g/mol. The van der Waals surface area contributed by atoms with Crippen molar-refractivity contribution in [3.63, 3.8) is 0 Å². The third kappa shape index (κ3) is 2.71. The Labute approximate surface area is 106 Å². The summed E-state index contributed by atoms with van der Waals surface area (Å²) in [7, 11) is 0. The van der Waals surface area contributed by atoms with Crippen molar-refractivity contribution in [2.24, 2.45) is 0 Å². The molecule has 0 fully saturated rings. The van der Waals surface area contributed by atoms with Crippen LogP contribution in [0.2, 0.25) is 5.02 Å². The van der Waals surface area contributed by atoms with Gasteiger partial charge in [0.15, 0.2) is 0 Å². The molecule has 0 aliphatic heterocycles. The highest BCUT2D eigenvalue weighted by molar-refractivity contribution is 9.10. The van der Waals surface area contributed by atoms with Crippen molar-refractivity contribution in [2.45, 2.75) is 0 Å². The quantitative estimate of drug-likeness (QED) is 0.833. The van der Waals surface area contributed by atoms with Gasteiger partial charge in [-0.15, -0.1) is 0 Å². The van der Waals surface area contributed by atoms with E-state index < -0.39 is 5.95 Å². The van der Waals surface area contributed by atoms with Crippen molar-refractivity contribution in [2.75, 3.05) is 5.32 Å². The molecule has 1 heterocycles. The summed E-state index contributed by atoms with van der Waals surface area (Å²) in [6, 6.07) is 9.92. The number of anilines is 2. The Hall–Kier alpha value is -1.13. The van der Waals surface area contributed by atoms with Crippen molar-refractivity contribution in [3.05, 3.63) is 51.8 Å². The number of halogens is 3. The summed E-state index contributed by atoms with van der Waals surface area (Å²) in [5.41, 5.74) is 0.683. The molecule has 0 saturated heterocycles. The molecule has 1 N–H and O–H groups in total. The standard InChI is InChI=1S/C11H7BrClFN2/c12-7-4-5-9(8(13)6-7)15-11-3-1-2-10(14)16-11/h1-6H,(H,15,16). The van der Waals surface area contributed by atoms with Crippen LogP contribution < -0.4 is 5.32 Å². The molecule has 2 rings (SSSR count). The molecule has 16 heavy (non-hydrogen) atoms. The van der Waals surface area contributed by atoms with Crippen LogP contribution in [0.3, 0.4) is 0 Å². The summed E-state index contributed by atoms with van der Waals surface area (Å²) in [5, 5.41) is 3.48. The highest BCUT2D eigenvalue weighted by Gasteiger charge is 2.02. The van der Waals surface area contributed by atoms with E-state index in [1.165, 1.54) is 6.07 Å². The monoisotopic (exact) mass is 300 g/mol. The van der Waals surface area contributed by atoms with Crippen LogP contribution >= 0.6 is 27.5 Å². The van der Waals surface area contributed by atoms with Gasteiger partial charge in [-0.25, -0.2) is 4.98 Å². The fourth-order valence-electron chi connectivity index (χ4n) is 1.21. The van der Waals surface area contributed by atoms with Crippen LogP contribution in [0, 0.1) is 5.95 Å². The zero-order valence-corrected chi connectivity index (χ0v) is 10.4. The summed E-state index contributed by atoms with van der Waals surface area (Å²) >= 11 is 9.31. The van der Waals surface area contributed by atoms with Crippen LogP contribution in [-0.2, 0) is 0 Å². The lowest BCUT2D eigenvalue weighted by Crippen LogP contribution is -1.95. The first-order valence-corrected chi connectivity index (χ1v) is 5.67. The second kappa shape index (κ2) is 4.80. The maximum Gasteiger partial charge on any atom is 0.214 e. The lowest BCUT2D eigenvalue weighted by molar-refractivity contribution is 0.585. The van der Waals surface area contributed by atoms with Gasteiger partial charge in [-0.1, -0.05) is 33.6 Å². The van der Waals surface area contributed by atoms with E-state index in [0.29, 0.717) is 16.5 Å². The molecule has 0 bridgehead atoms. The van der Waals surface area contributed by atoms with E-state index in [2.05, 4.69) is 26.2 Å². The van der Waals surface area contributed by atoms with E-state index in [4.69, 9.17) is 11.6 Å². The van der Waals surface area contributed by atoms with Gasteiger partial charge in [-0.3, -0.25) is 0 Å². The van der Waals surface area contributed by atoms with Gasteiger partial charge in [0.2, 0.25) is 5.95 Å². The van der Waals surface area contributed by atoms with Crippen LogP contribution in [0.15, 0.2) is 40.9 Å². The number of pyridine rings is 1. The fraction of sp³-hybridized carbons (Fsp3) is 0. The van der Waals surface area contributed by atoms with Crippen molar-refractivity contribution in [3.8, 4) is 0 Å². The number of rotatable bonds is 2. The van der Waals surface area contributed by atoms with Crippen LogP contribution in [0.1, 0.15) is 0 Å². The normalized spacial score (nSPS) is 10.2. The van der Waals surface area contributed by atoms with E-state index in [-0.39, 0.29) is 0 Å². The van der Waals surface area contributed by atoms with E-state index >= 15 is 0 Å². The highest BCUT2D eigenvalue weighted by atomic mass is 79.9. The first kappa shape index (κ1) is 11.4. The Morgan fingerprint density at radius 2 is 2.06 bits per heavy atom. The first-order chi connectivity index (χ1) is 7.65. The number of hydrogen-bond acceptors (Lipinski definition) is 2. The zero-order chi connectivity index (χ0) is 11.5. The number of nitrogens with zero attached hydrogens (tertiary/aromatic N) is 1. The van der Waals surface area contributed by atoms with Crippen molar-refractivity contribution < 1.29 is 4.39 Å². The molecule has 0 aliphatic carbocycles. The van der Waals surface area contributed by atoms with Crippen molar-refractivity contribution >= 4 is 39.0 Å². The van der Waals surface area contributed by atoms with Crippen LogP contribution in [0.25, 0.3) is 0 Å². The Balaban J connectivity index is 2.27. The molecular formula is C11H7BrClFN2. The van der Waals surface area contributed by atoms with Crippen molar-refractivity contribution in [1.29, 1.82) is 0 Å². The molecule has 5 heteroatoms. The third-order valence-electron chi connectivity index (χ3n) is 1.91. The highest BCUT2D eigenvalue weighted by Crippen LogP contribution is 2.27. The molecule has 0 aliphatic rings. The molecule has 0 saturated carbocycles. The van der Waals surface area contributed by atoms with Gasteiger partial charge in [0.1, 0.15) is 5.82 Å². The second-order valence-corrected chi connectivity index (χ2v) is 4.42. The van der Waals surface area contributed by atoms with E-state index in [0.717, 1.165) is 4.47 Å². The molecule has 2 aromatic rings.